The van der Waals surface area contributed by atoms with Gasteiger partial charge < -0.3 is 0 Å². The predicted octanol–water partition coefficient (Wildman–Crippen LogP) is 4.50. The van der Waals surface area contributed by atoms with Crippen molar-refractivity contribution in [3.63, 3.8) is 0 Å². The average Bonchev–Trinajstić information content (AvgIpc) is 2.47. The van der Waals surface area contributed by atoms with Crippen molar-refractivity contribution in [2.24, 2.45) is 0 Å². The molecular formula is C8H4BrCl2NS. The molecule has 0 atom stereocenters. The molecule has 0 spiro atoms. The Hall–Kier alpha value is 0.170. The molecule has 68 valence electrons. The van der Waals surface area contributed by atoms with Crippen LogP contribution in [0.5, 0.6) is 0 Å². The van der Waals surface area contributed by atoms with E-state index < -0.39 is 0 Å². The third-order valence-electron chi connectivity index (χ3n) is 1.69. The average molecular weight is 297 g/mol. The molecule has 0 bridgehead atoms. The normalized spacial score (nSPS) is 11.0. The van der Waals surface area contributed by atoms with E-state index in [0.29, 0.717) is 10.0 Å². The molecule has 0 unspecified atom stereocenters. The van der Waals surface area contributed by atoms with Crippen LogP contribution < -0.4 is 0 Å². The molecule has 1 nitrogen and oxygen atoms in total. The number of fused-ring (bicyclic) bond motifs is 1. The second kappa shape index (κ2) is 3.73. The van der Waals surface area contributed by atoms with Gasteiger partial charge in [-0.3, -0.25) is 0 Å². The standard InChI is InChI=1S/C8H4BrCl2NS/c9-3-7-5-1-4(10)2-6(11)8(5)13-12-7/h1-2H,3H2. The number of benzene rings is 1. The topological polar surface area (TPSA) is 12.9 Å². The Kier molecular flexibility index (Phi) is 2.79. The van der Waals surface area contributed by atoms with Crippen LogP contribution in [-0.2, 0) is 5.33 Å². The van der Waals surface area contributed by atoms with Gasteiger partial charge in [-0.2, -0.15) is 4.37 Å². The highest BCUT2D eigenvalue weighted by molar-refractivity contribution is 9.08. The Morgan fingerprint density at radius 1 is 1.38 bits per heavy atom. The molecule has 2 aromatic rings. The lowest BCUT2D eigenvalue weighted by Crippen LogP contribution is -1.76. The quantitative estimate of drug-likeness (QED) is 0.706. The maximum absolute atomic E-state index is 6.00. The lowest BCUT2D eigenvalue weighted by molar-refractivity contribution is 1.35. The second-order valence-electron chi connectivity index (χ2n) is 2.53. The Labute approximate surface area is 98.0 Å². The molecule has 1 aromatic heterocycles. The van der Waals surface area contributed by atoms with Crippen LogP contribution in [0.2, 0.25) is 10.0 Å². The molecule has 0 N–H and O–H groups in total. The smallest absolute Gasteiger partial charge is 0.0740 e. The molecule has 0 fully saturated rings. The van der Waals surface area contributed by atoms with Gasteiger partial charge in [0.2, 0.25) is 0 Å². The van der Waals surface area contributed by atoms with Crippen LogP contribution in [0.3, 0.4) is 0 Å². The van der Waals surface area contributed by atoms with Gasteiger partial charge in [0.1, 0.15) is 0 Å². The molecule has 0 aliphatic heterocycles. The molecule has 0 radical (unpaired) electrons. The third kappa shape index (κ3) is 1.71. The van der Waals surface area contributed by atoms with E-state index >= 15 is 0 Å². The minimum absolute atomic E-state index is 0.653. The first-order valence-electron chi connectivity index (χ1n) is 3.51. The van der Waals surface area contributed by atoms with Crippen molar-refractivity contribution in [2.45, 2.75) is 5.33 Å². The summed E-state index contributed by atoms with van der Waals surface area (Å²) in [5.41, 5.74) is 0.990. The van der Waals surface area contributed by atoms with Crippen LogP contribution >= 0.6 is 50.7 Å². The zero-order chi connectivity index (χ0) is 9.42. The van der Waals surface area contributed by atoms with Crippen molar-refractivity contribution in [1.82, 2.24) is 4.37 Å². The number of rotatable bonds is 1. The summed E-state index contributed by atoms with van der Waals surface area (Å²) in [7, 11) is 0. The summed E-state index contributed by atoms with van der Waals surface area (Å²) < 4.78 is 5.27. The summed E-state index contributed by atoms with van der Waals surface area (Å²) in [5, 5.41) is 3.09. The molecule has 1 aromatic carbocycles. The van der Waals surface area contributed by atoms with Gasteiger partial charge in [-0.15, -0.1) is 0 Å². The number of alkyl halides is 1. The molecule has 0 saturated heterocycles. The van der Waals surface area contributed by atoms with Crippen molar-refractivity contribution >= 4 is 60.8 Å². The lowest BCUT2D eigenvalue weighted by atomic mass is 10.2. The monoisotopic (exact) mass is 295 g/mol. The summed E-state index contributed by atoms with van der Waals surface area (Å²) in [4.78, 5) is 0. The highest BCUT2D eigenvalue weighted by atomic mass is 79.9. The fourth-order valence-electron chi connectivity index (χ4n) is 1.11. The van der Waals surface area contributed by atoms with Crippen LogP contribution in [0.25, 0.3) is 10.1 Å². The van der Waals surface area contributed by atoms with E-state index in [4.69, 9.17) is 23.2 Å². The van der Waals surface area contributed by atoms with Crippen molar-refractivity contribution < 1.29 is 0 Å². The van der Waals surface area contributed by atoms with Gasteiger partial charge in [-0.25, -0.2) is 0 Å². The molecule has 0 aliphatic rings. The maximum atomic E-state index is 6.00. The summed E-state index contributed by atoms with van der Waals surface area (Å²) in [5.74, 6) is 0. The highest BCUT2D eigenvalue weighted by Gasteiger charge is 2.08. The fraction of sp³-hybridized carbons (Fsp3) is 0.125. The predicted molar refractivity (Wildman–Crippen MR) is 62.3 cm³/mol. The van der Waals surface area contributed by atoms with Crippen LogP contribution in [0.4, 0.5) is 0 Å². The van der Waals surface area contributed by atoms with Gasteiger partial charge in [0.05, 0.1) is 15.4 Å². The zero-order valence-electron chi connectivity index (χ0n) is 6.35. The maximum Gasteiger partial charge on any atom is 0.0740 e. The molecular weight excluding hydrogens is 293 g/mol. The largest absolute Gasteiger partial charge is 0.196 e. The molecule has 0 aliphatic carbocycles. The van der Waals surface area contributed by atoms with Crippen LogP contribution in [-0.4, -0.2) is 4.37 Å². The van der Waals surface area contributed by atoms with Gasteiger partial charge >= 0.3 is 0 Å². The van der Waals surface area contributed by atoms with E-state index in [1.54, 1.807) is 6.07 Å². The molecule has 0 amide bonds. The summed E-state index contributed by atoms with van der Waals surface area (Å²) in [6.07, 6.45) is 0. The molecule has 2 rings (SSSR count). The van der Waals surface area contributed by atoms with E-state index in [0.717, 1.165) is 21.1 Å². The molecule has 0 saturated carbocycles. The number of nitrogens with zero attached hydrogens (tertiary/aromatic N) is 1. The fourth-order valence-corrected chi connectivity index (χ4v) is 3.09. The molecule has 1 heterocycles. The van der Waals surface area contributed by atoms with Crippen molar-refractivity contribution in [1.29, 1.82) is 0 Å². The Balaban J connectivity index is 2.82. The summed E-state index contributed by atoms with van der Waals surface area (Å²) in [6.45, 7) is 0. The van der Waals surface area contributed by atoms with Gasteiger partial charge in [-0.1, -0.05) is 39.1 Å². The second-order valence-corrected chi connectivity index (χ2v) is 4.70. The zero-order valence-corrected chi connectivity index (χ0v) is 10.3. The van der Waals surface area contributed by atoms with Gasteiger partial charge in [0.15, 0.2) is 0 Å². The number of hydrogen-bond donors (Lipinski definition) is 0. The van der Waals surface area contributed by atoms with Crippen LogP contribution in [0, 0.1) is 0 Å². The SMILES string of the molecule is Clc1cc(Cl)c2snc(CBr)c2c1. The highest BCUT2D eigenvalue weighted by Crippen LogP contribution is 2.33. The lowest BCUT2D eigenvalue weighted by Gasteiger charge is -1.95. The van der Waals surface area contributed by atoms with E-state index in [-0.39, 0.29) is 0 Å². The first kappa shape index (κ1) is 9.71. The number of halogens is 3. The van der Waals surface area contributed by atoms with Gasteiger partial charge in [0, 0.05) is 15.7 Å². The Morgan fingerprint density at radius 3 is 2.85 bits per heavy atom. The summed E-state index contributed by atoms with van der Waals surface area (Å²) >= 11 is 16.7. The number of hydrogen-bond acceptors (Lipinski definition) is 2. The van der Waals surface area contributed by atoms with E-state index in [1.807, 2.05) is 6.07 Å². The number of aromatic nitrogens is 1. The third-order valence-corrected chi connectivity index (χ3v) is 3.79. The summed E-state index contributed by atoms with van der Waals surface area (Å²) in [6, 6.07) is 3.63. The minimum atomic E-state index is 0.653. The van der Waals surface area contributed by atoms with Crippen molar-refractivity contribution in [3.8, 4) is 0 Å². The first-order chi connectivity index (χ1) is 6.22. The van der Waals surface area contributed by atoms with E-state index in [2.05, 4.69) is 20.3 Å². The van der Waals surface area contributed by atoms with Crippen molar-refractivity contribution in [3.05, 3.63) is 27.9 Å². The van der Waals surface area contributed by atoms with Crippen LogP contribution in [0.15, 0.2) is 12.1 Å². The van der Waals surface area contributed by atoms with E-state index in [9.17, 15) is 0 Å². The van der Waals surface area contributed by atoms with Gasteiger partial charge in [0.25, 0.3) is 0 Å². The van der Waals surface area contributed by atoms with Gasteiger partial charge in [-0.05, 0) is 23.7 Å². The van der Waals surface area contributed by atoms with Crippen LogP contribution in [0.1, 0.15) is 5.69 Å². The van der Waals surface area contributed by atoms with E-state index in [1.165, 1.54) is 11.5 Å². The Bertz CT molecular complexity index is 455. The molecule has 13 heavy (non-hydrogen) atoms. The minimum Gasteiger partial charge on any atom is -0.196 e. The molecule has 5 heteroatoms. The first-order valence-corrected chi connectivity index (χ1v) is 6.16. The van der Waals surface area contributed by atoms with Crippen molar-refractivity contribution in [2.75, 3.05) is 0 Å². The Morgan fingerprint density at radius 2 is 2.15 bits per heavy atom.